The Balaban J connectivity index is 1.68. The summed E-state index contributed by atoms with van der Waals surface area (Å²) < 4.78 is 5.31. The Kier molecular flexibility index (Phi) is 6.54. The molecule has 1 unspecified atom stereocenters. The van der Waals surface area contributed by atoms with Crippen molar-refractivity contribution < 1.29 is 14.6 Å². The summed E-state index contributed by atoms with van der Waals surface area (Å²) in [6.07, 6.45) is 5.20. The third kappa shape index (κ3) is 5.39. The average molecular weight is 392 g/mol. The molecule has 0 radical (unpaired) electrons. The van der Waals surface area contributed by atoms with Crippen LogP contribution in [0.2, 0.25) is 0 Å². The maximum Gasteiger partial charge on any atom is 0.291 e. The van der Waals surface area contributed by atoms with Crippen LogP contribution in [0.1, 0.15) is 41.8 Å². The summed E-state index contributed by atoms with van der Waals surface area (Å²) in [7, 11) is 0. The molecule has 3 rings (SSSR count). The van der Waals surface area contributed by atoms with Crippen LogP contribution >= 0.6 is 0 Å². The number of rotatable bonds is 7. The van der Waals surface area contributed by atoms with E-state index >= 15 is 0 Å². The molecule has 0 aliphatic carbocycles. The fourth-order valence-corrected chi connectivity index (χ4v) is 2.37. The zero-order valence-electron chi connectivity index (χ0n) is 16.0. The van der Waals surface area contributed by atoms with Gasteiger partial charge in [-0.3, -0.25) is 9.78 Å². The summed E-state index contributed by atoms with van der Waals surface area (Å²) in [6.45, 7) is 4.03. The number of nitrogens with one attached hydrogen (secondary N) is 1. The highest BCUT2D eigenvalue weighted by Crippen LogP contribution is 2.17. The minimum Gasteiger partial charge on any atom is -0.478 e. The van der Waals surface area contributed by atoms with Crippen molar-refractivity contribution in [2.75, 3.05) is 6.61 Å². The highest BCUT2D eigenvalue weighted by molar-refractivity contribution is 5.93. The molecule has 0 aromatic carbocycles. The standard InChI is InChI=1S/C20H20N6O3/c1-3-29-19-8-7-14(9-22-19)17-11-21-12-18(25-17)20(28)26-23-10-15-5-4-6-16(24-15)13(2)27/h4-13,27H,3H2,1-2H3,(H,26,28)/b23-10+. The van der Waals surface area contributed by atoms with Crippen molar-refractivity contribution in [3.05, 3.63) is 66.0 Å². The lowest BCUT2D eigenvalue weighted by Gasteiger charge is -2.05. The Hall–Kier alpha value is -3.72. The second-order valence-electron chi connectivity index (χ2n) is 5.97. The van der Waals surface area contributed by atoms with Gasteiger partial charge in [0.2, 0.25) is 5.88 Å². The zero-order chi connectivity index (χ0) is 20.6. The van der Waals surface area contributed by atoms with Gasteiger partial charge in [0.05, 0.1) is 48.4 Å². The van der Waals surface area contributed by atoms with Crippen LogP contribution in [0.5, 0.6) is 5.88 Å². The molecule has 0 saturated heterocycles. The number of aliphatic hydroxyl groups is 1. The molecular formula is C20H20N6O3. The Morgan fingerprint density at radius 3 is 2.83 bits per heavy atom. The molecule has 29 heavy (non-hydrogen) atoms. The molecule has 0 aliphatic heterocycles. The zero-order valence-corrected chi connectivity index (χ0v) is 16.0. The van der Waals surface area contributed by atoms with Crippen molar-refractivity contribution in [3.63, 3.8) is 0 Å². The minimum atomic E-state index is -0.687. The number of hydrogen-bond donors (Lipinski definition) is 2. The van der Waals surface area contributed by atoms with Gasteiger partial charge >= 0.3 is 0 Å². The van der Waals surface area contributed by atoms with Gasteiger partial charge in [-0.2, -0.15) is 5.10 Å². The lowest BCUT2D eigenvalue weighted by molar-refractivity contribution is 0.0950. The van der Waals surface area contributed by atoms with Crippen molar-refractivity contribution in [3.8, 4) is 17.1 Å². The monoisotopic (exact) mass is 392 g/mol. The van der Waals surface area contributed by atoms with Crippen LogP contribution in [0.25, 0.3) is 11.3 Å². The molecule has 3 aromatic rings. The number of amides is 1. The topological polar surface area (TPSA) is 122 Å². The number of hydrogen-bond acceptors (Lipinski definition) is 8. The van der Waals surface area contributed by atoms with Crippen LogP contribution in [0, 0.1) is 0 Å². The van der Waals surface area contributed by atoms with Crippen molar-refractivity contribution in [1.29, 1.82) is 0 Å². The Morgan fingerprint density at radius 2 is 2.10 bits per heavy atom. The molecule has 1 amide bonds. The van der Waals surface area contributed by atoms with E-state index in [2.05, 4.69) is 30.5 Å². The summed E-state index contributed by atoms with van der Waals surface area (Å²) in [5.74, 6) is 0.00175. The normalized spacial score (nSPS) is 12.0. The van der Waals surface area contributed by atoms with E-state index in [-0.39, 0.29) is 5.69 Å². The number of hydrazone groups is 1. The van der Waals surface area contributed by atoms with Crippen molar-refractivity contribution >= 4 is 12.1 Å². The fraction of sp³-hybridized carbons (Fsp3) is 0.200. The number of carbonyl (C=O) groups excluding carboxylic acids is 1. The van der Waals surface area contributed by atoms with E-state index in [0.717, 1.165) is 0 Å². The molecule has 0 spiro atoms. The van der Waals surface area contributed by atoms with E-state index in [0.29, 0.717) is 35.1 Å². The molecule has 148 valence electrons. The molecule has 0 fully saturated rings. The van der Waals surface area contributed by atoms with Gasteiger partial charge in [-0.25, -0.2) is 20.4 Å². The summed E-state index contributed by atoms with van der Waals surface area (Å²) in [4.78, 5) is 29.1. The van der Waals surface area contributed by atoms with Crippen LogP contribution in [0.15, 0.2) is 54.0 Å². The molecule has 2 N–H and O–H groups in total. The Bertz CT molecular complexity index is 1010. The van der Waals surface area contributed by atoms with Crippen molar-refractivity contribution in [2.45, 2.75) is 20.0 Å². The van der Waals surface area contributed by atoms with Crippen LogP contribution in [-0.4, -0.2) is 43.8 Å². The third-order valence-electron chi connectivity index (χ3n) is 3.77. The molecule has 0 aliphatic rings. The predicted octanol–water partition coefficient (Wildman–Crippen LogP) is 2.15. The molecule has 3 heterocycles. The van der Waals surface area contributed by atoms with Gasteiger partial charge in [0.25, 0.3) is 5.91 Å². The number of nitrogens with zero attached hydrogens (tertiary/aromatic N) is 5. The fourth-order valence-electron chi connectivity index (χ4n) is 2.37. The van der Waals surface area contributed by atoms with E-state index < -0.39 is 12.0 Å². The average Bonchev–Trinajstić information content (AvgIpc) is 2.75. The van der Waals surface area contributed by atoms with Gasteiger partial charge in [-0.1, -0.05) is 6.07 Å². The number of aromatic nitrogens is 4. The highest BCUT2D eigenvalue weighted by atomic mass is 16.5. The van der Waals surface area contributed by atoms with Gasteiger partial charge < -0.3 is 9.84 Å². The van der Waals surface area contributed by atoms with Crippen LogP contribution < -0.4 is 10.2 Å². The van der Waals surface area contributed by atoms with Crippen LogP contribution in [-0.2, 0) is 0 Å². The summed E-state index contributed by atoms with van der Waals surface area (Å²) in [5.41, 5.74) is 4.73. The van der Waals surface area contributed by atoms with E-state index in [4.69, 9.17) is 4.74 Å². The van der Waals surface area contributed by atoms with E-state index in [1.807, 2.05) is 6.92 Å². The Morgan fingerprint density at radius 1 is 1.24 bits per heavy atom. The lowest BCUT2D eigenvalue weighted by Crippen LogP contribution is -2.19. The quantitative estimate of drug-likeness (QED) is 0.466. The summed E-state index contributed by atoms with van der Waals surface area (Å²) in [5, 5.41) is 13.5. The first kappa shape index (κ1) is 20.0. The molecule has 9 heteroatoms. The lowest BCUT2D eigenvalue weighted by atomic mass is 10.2. The van der Waals surface area contributed by atoms with Crippen LogP contribution in [0.3, 0.4) is 0 Å². The molecule has 0 bridgehead atoms. The minimum absolute atomic E-state index is 0.110. The largest absolute Gasteiger partial charge is 0.478 e. The summed E-state index contributed by atoms with van der Waals surface area (Å²) >= 11 is 0. The number of aliphatic hydroxyl groups excluding tert-OH is 1. The van der Waals surface area contributed by atoms with Gasteiger partial charge in [0, 0.05) is 17.8 Å². The smallest absolute Gasteiger partial charge is 0.291 e. The first-order valence-electron chi connectivity index (χ1n) is 8.96. The highest BCUT2D eigenvalue weighted by Gasteiger charge is 2.10. The SMILES string of the molecule is CCOc1ccc(-c2cncc(C(=O)N/N=C/c3cccc(C(C)O)n3)n2)cn1. The first-order chi connectivity index (χ1) is 14.1. The van der Waals surface area contributed by atoms with Crippen molar-refractivity contribution in [2.24, 2.45) is 5.10 Å². The number of carbonyl (C=O) groups is 1. The van der Waals surface area contributed by atoms with Gasteiger partial charge in [0.15, 0.2) is 0 Å². The predicted molar refractivity (Wildman–Crippen MR) is 106 cm³/mol. The molecule has 9 nitrogen and oxygen atoms in total. The van der Waals surface area contributed by atoms with E-state index in [9.17, 15) is 9.90 Å². The third-order valence-corrected chi connectivity index (χ3v) is 3.77. The van der Waals surface area contributed by atoms with Gasteiger partial charge in [0.1, 0.15) is 5.69 Å². The van der Waals surface area contributed by atoms with Gasteiger partial charge in [-0.15, -0.1) is 0 Å². The first-order valence-corrected chi connectivity index (χ1v) is 8.96. The maximum atomic E-state index is 12.3. The molecular weight excluding hydrogens is 372 g/mol. The second kappa shape index (κ2) is 9.47. The van der Waals surface area contributed by atoms with Crippen LogP contribution in [0.4, 0.5) is 0 Å². The summed E-state index contributed by atoms with van der Waals surface area (Å²) in [6, 6.07) is 8.69. The molecule has 0 saturated carbocycles. The molecule has 3 aromatic heterocycles. The Labute approximate surface area is 167 Å². The maximum absolute atomic E-state index is 12.3. The number of ether oxygens (including phenoxy) is 1. The molecule has 1 atom stereocenters. The second-order valence-corrected chi connectivity index (χ2v) is 5.97. The van der Waals surface area contributed by atoms with E-state index in [1.165, 1.54) is 12.4 Å². The van der Waals surface area contributed by atoms with Crippen molar-refractivity contribution in [1.82, 2.24) is 25.4 Å². The van der Waals surface area contributed by atoms with E-state index in [1.54, 1.807) is 49.6 Å². The number of pyridine rings is 2. The van der Waals surface area contributed by atoms with Gasteiger partial charge in [-0.05, 0) is 32.0 Å².